The van der Waals surface area contributed by atoms with E-state index in [2.05, 4.69) is 14.5 Å². The fourth-order valence-corrected chi connectivity index (χ4v) is 1.21. The Hall–Kier alpha value is -2.50. The SMILES string of the molecule is CCOC(=O)c1c(N)ncc(C#N)c1OC(F)(F)F. The van der Waals surface area contributed by atoms with Gasteiger partial charge in [-0.1, -0.05) is 0 Å². The van der Waals surface area contributed by atoms with Crippen LogP contribution in [-0.2, 0) is 4.74 Å². The van der Waals surface area contributed by atoms with Gasteiger partial charge < -0.3 is 15.2 Å². The molecule has 1 aromatic rings. The van der Waals surface area contributed by atoms with Crippen LogP contribution in [0.5, 0.6) is 5.75 Å². The van der Waals surface area contributed by atoms with E-state index in [-0.39, 0.29) is 6.61 Å². The van der Waals surface area contributed by atoms with Gasteiger partial charge in [-0.25, -0.2) is 9.78 Å². The third kappa shape index (κ3) is 3.48. The molecule has 0 atom stereocenters. The summed E-state index contributed by atoms with van der Waals surface area (Å²) in [6.07, 6.45) is -4.31. The van der Waals surface area contributed by atoms with Gasteiger partial charge in [0.2, 0.25) is 0 Å². The van der Waals surface area contributed by atoms with E-state index < -0.39 is 35.0 Å². The van der Waals surface area contributed by atoms with Crippen LogP contribution in [0.2, 0.25) is 0 Å². The molecule has 0 aromatic carbocycles. The summed E-state index contributed by atoms with van der Waals surface area (Å²) in [6, 6.07) is 1.43. The number of nitrogen functional groups attached to an aromatic ring is 1. The molecule has 0 saturated heterocycles. The maximum absolute atomic E-state index is 12.3. The lowest BCUT2D eigenvalue weighted by Crippen LogP contribution is -2.21. The number of nitrogens with two attached hydrogens (primary N) is 1. The molecule has 0 radical (unpaired) electrons. The summed E-state index contributed by atoms with van der Waals surface area (Å²) >= 11 is 0. The third-order valence-corrected chi connectivity index (χ3v) is 1.88. The molecule has 2 N–H and O–H groups in total. The summed E-state index contributed by atoms with van der Waals surface area (Å²) in [5, 5.41) is 8.71. The zero-order valence-corrected chi connectivity index (χ0v) is 9.61. The van der Waals surface area contributed by atoms with Gasteiger partial charge in [0.15, 0.2) is 5.75 Å². The average Bonchev–Trinajstić information content (AvgIpc) is 2.27. The second-order valence-electron chi connectivity index (χ2n) is 3.14. The van der Waals surface area contributed by atoms with Crippen molar-refractivity contribution in [3.8, 4) is 11.8 Å². The predicted octanol–water partition coefficient (Wildman–Crippen LogP) is 1.61. The highest BCUT2D eigenvalue weighted by Crippen LogP contribution is 2.32. The van der Waals surface area contributed by atoms with E-state index in [0.717, 1.165) is 6.20 Å². The van der Waals surface area contributed by atoms with E-state index in [1.165, 1.54) is 13.0 Å². The molecule has 1 heterocycles. The molecule has 19 heavy (non-hydrogen) atoms. The summed E-state index contributed by atoms with van der Waals surface area (Å²) in [4.78, 5) is 15.0. The number of nitriles is 1. The largest absolute Gasteiger partial charge is 0.573 e. The van der Waals surface area contributed by atoms with Crippen LogP contribution in [0.4, 0.5) is 19.0 Å². The number of pyridine rings is 1. The first-order valence-corrected chi connectivity index (χ1v) is 4.91. The number of esters is 1. The summed E-state index contributed by atoms with van der Waals surface area (Å²) in [5.74, 6) is -2.68. The first kappa shape index (κ1) is 14.6. The lowest BCUT2D eigenvalue weighted by atomic mass is 10.1. The van der Waals surface area contributed by atoms with Crippen molar-refractivity contribution >= 4 is 11.8 Å². The van der Waals surface area contributed by atoms with Crippen LogP contribution in [-0.4, -0.2) is 23.9 Å². The molecule has 0 aliphatic carbocycles. The Morgan fingerprint density at radius 1 is 1.58 bits per heavy atom. The van der Waals surface area contributed by atoms with Gasteiger partial charge in [0.1, 0.15) is 23.0 Å². The number of aromatic nitrogens is 1. The van der Waals surface area contributed by atoms with Crippen LogP contribution in [0, 0.1) is 11.3 Å². The van der Waals surface area contributed by atoms with E-state index >= 15 is 0 Å². The number of rotatable bonds is 3. The fraction of sp³-hybridized carbons (Fsp3) is 0.300. The number of hydrogen-bond donors (Lipinski definition) is 1. The number of anilines is 1. The molecule has 6 nitrogen and oxygen atoms in total. The normalized spacial score (nSPS) is 10.7. The minimum atomic E-state index is -5.08. The molecule has 0 unspecified atom stereocenters. The fourth-order valence-electron chi connectivity index (χ4n) is 1.21. The second-order valence-corrected chi connectivity index (χ2v) is 3.14. The number of hydrogen-bond acceptors (Lipinski definition) is 6. The molecule has 0 bridgehead atoms. The zero-order valence-electron chi connectivity index (χ0n) is 9.61. The van der Waals surface area contributed by atoms with Crippen molar-refractivity contribution < 1.29 is 27.4 Å². The second kappa shape index (κ2) is 5.43. The number of carbonyl (C=O) groups excluding carboxylic acids is 1. The van der Waals surface area contributed by atoms with Crippen LogP contribution in [0.25, 0.3) is 0 Å². The first-order chi connectivity index (χ1) is 8.80. The van der Waals surface area contributed by atoms with Crippen molar-refractivity contribution in [3.63, 3.8) is 0 Å². The van der Waals surface area contributed by atoms with Crippen molar-refractivity contribution in [2.75, 3.05) is 12.3 Å². The maximum atomic E-state index is 12.3. The highest BCUT2D eigenvalue weighted by atomic mass is 19.4. The Labute approximate surface area is 105 Å². The third-order valence-electron chi connectivity index (χ3n) is 1.88. The van der Waals surface area contributed by atoms with Crippen LogP contribution < -0.4 is 10.5 Å². The lowest BCUT2D eigenvalue weighted by molar-refractivity contribution is -0.274. The Kier molecular flexibility index (Phi) is 4.16. The van der Waals surface area contributed by atoms with Gasteiger partial charge in [-0.2, -0.15) is 5.26 Å². The summed E-state index contributed by atoms with van der Waals surface area (Å²) in [6.45, 7) is 1.38. The van der Waals surface area contributed by atoms with E-state index in [0.29, 0.717) is 0 Å². The Morgan fingerprint density at radius 2 is 2.21 bits per heavy atom. The Bertz CT molecular complexity index is 537. The van der Waals surface area contributed by atoms with E-state index in [1.807, 2.05) is 0 Å². The molecule has 0 aliphatic rings. The standard InChI is InChI=1S/C10H8F3N3O3/c1-2-18-9(17)6-7(19-10(11,12)13)5(3-14)4-16-8(6)15/h4H,2H2,1H3,(H2,15,16). The van der Waals surface area contributed by atoms with Gasteiger partial charge in [-0.05, 0) is 6.92 Å². The van der Waals surface area contributed by atoms with Crippen molar-refractivity contribution in [2.45, 2.75) is 13.3 Å². The van der Waals surface area contributed by atoms with Crippen LogP contribution in [0.15, 0.2) is 6.20 Å². The van der Waals surface area contributed by atoms with Crippen LogP contribution in [0.3, 0.4) is 0 Å². The molecule has 1 aromatic heterocycles. The number of ether oxygens (including phenoxy) is 2. The highest BCUT2D eigenvalue weighted by molar-refractivity contribution is 5.98. The van der Waals surface area contributed by atoms with Gasteiger partial charge in [-0.15, -0.1) is 13.2 Å². The van der Waals surface area contributed by atoms with E-state index in [9.17, 15) is 18.0 Å². The molecule has 0 amide bonds. The summed E-state index contributed by atoms with van der Waals surface area (Å²) in [5.41, 5.74) is 4.03. The summed E-state index contributed by atoms with van der Waals surface area (Å²) in [7, 11) is 0. The lowest BCUT2D eigenvalue weighted by Gasteiger charge is -2.14. The van der Waals surface area contributed by atoms with Gasteiger partial charge in [-0.3, -0.25) is 0 Å². The van der Waals surface area contributed by atoms with E-state index in [1.54, 1.807) is 0 Å². The minimum absolute atomic E-state index is 0.0828. The molecular formula is C10H8F3N3O3. The molecular weight excluding hydrogens is 267 g/mol. The van der Waals surface area contributed by atoms with Gasteiger partial charge >= 0.3 is 12.3 Å². The topological polar surface area (TPSA) is 98.2 Å². The minimum Gasteiger partial charge on any atom is -0.462 e. The van der Waals surface area contributed by atoms with E-state index in [4.69, 9.17) is 11.0 Å². The molecule has 9 heteroatoms. The average molecular weight is 275 g/mol. The molecule has 0 fully saturated rings. The monoisotopic (exact) mass is 275 g/mol. The molecule has 0 aliphatic heterocycles. The predicted molar refractivity (Wildman–Crippen MR) is 56.0 cm³/mol. The molecule has 0 spiro atoms. The van der Waals surface area contributed by atoms with Crippen molar-refractivity contribution in [1.82, 2.24) is 4.98 Å². The number of carbonyl (C=O) groups is 1. The molecule has 0 saturated carbocycles. The molecule has 1 rings (SSSR count). The maximum Gasteiger partial charge on any atom is 0.573 e. The molecule has 102 valence electrons. The van der Waals surface area contributed by atoms with Gasteiger partial charge in [0.05, 0.1) is 12.8 Å². The Morgan fingerprint density at radius 3 is 2.68 bits per heavy atom. The van der Waals surface area contributed by atoms with Crippen molar-refractivity contribution in [2.24, 2.45) is 0 Å². The van der Waals surface area contributed by atoms with Crippen LogP contribution in [0.1, 0.15) is 22.8 Å². The number of halogens is 3. The van der Waals surface area contributed by atoms with Crippen molar-refractivity contribution in [3.05, 3.63) is 17.3 Å². The zero-order chi connectivity index (χ0) is 14.6. The summed E-state index contributed by atoms with van der Waals surface area (Å²) < 4.78 is 45.0. The smallest absolute Gasteiger partial charge is 0.462 e. The highest BCUT2D eigenvalue weighted by Gasteiger charge is 2.36. The van der Waals surface area contributed by atoms with Crippen LogP contribution >= 0.6 is 0 Å². The van der Waals surface area contributed by atoms with Crippen molar-refractivity contribution in [1.29, 1.82) is 5.26 Å². The van der Waals surface area contributed by atoms with Gasteiger partial charge in [0.25, 0.3) is 0 Å². The number of alkyl halides is 3. The Balaban J connectivity index is 3.42. The van der Waals surface area contributed by atoms with Gasteiger partial charge in [0, 0.05) is 0 Å². The quantitative estimate of drug-likeness (QED) is 0.841. The number of nitrogens with zero attached hydrogens (tertiary/aromatic N) is 2. The first-order valence-electron chi connectivity index (χ1n) is 4.91.